The quantitative estimate of drug-likeness (QED) is 0.760. The topological polar surface area (TPSA) is 62.5 Å². The van der Waals surface area contributed by atoms with Crippen LogP contribution in [0.2, 0.25) is 0 Å². The average Bonchev–Trinajstić information content (AvgIpc) is 2.97. The smallest absolute Gasteiger partial charge is 0.273 e. The normalized spacial score (nSPS) is 12.7. The SMILES string of the molecule is CCN(CC)CCCN(CC)C(=O)c1csc(C(C)N)n1. The van der Waals surface area contributed by atoms with Gasteiger partial charge in [0.25, 0.3) is 5.91 Å². The maximum absolute atomic E-state index is 12.4. The van der Waals surface area contributed by atoms with Gasteiger partial charge in [0.15, 0.2) is 0 Å². The van der Waals surface area contributed by atoms with Crippen LogP contribution in [0.5, 0.6) is 0 Å². The van der Waals surface area contributed by atoms with Gasteiger partial charge in [0.05, 0.1) is 6.04 Å². The van der Waals surface area contributed by atoms with E-state index in [1.54, 1.807) is 0 Å². The third-order valence-corrected chi connectivity index (χ3v) is 4.64. The number of aromatic nitrogens is 1. The molecule has 21 heavy (non-hydrogen) atoms. The summed E-state index contributed by atoms with van der Waals surface area (Å²) < 4.78 is 0. The van der Waals surface area contributed by atoms with Crippen molar-refractivity contribution in [1.82, 2.24) is 14.8 Å². The summed E-state index contributed by atoms with van der Waals surface area (Å²) in [7, 11) is 0. The monoisotopic (exact) mass is 312 g/mol. The molecule has 0 aliphatic rings. The third-order valence-electron chi connectivity index (χ3n) is 3.60. The molecule has 1 atom stereocenters. The molecule has 6 heteroatoms. The first-order valence-corrected chi connectivity index (χ1v) is 8.63. The predicted octanol–water partition coefficient (Wildman–Crippen LogP) is 2.36. The largest absolute Gasteiger partial charge is 0.338 e. The van der Waals surface area contributed by atoms with E-state index >= 15 is 0 Å². The van der Waals surface area contributed by atoms with Crippen LogP contribution >= 0.6 is 11.3 Å². The van der Waals surface area contributed by atoms with Crippen LogP contribution in [0.3, 0.4) is 0 Å². The molecule has 0 aliphatic heterocycles. The first-order valence-electron chi connectivity index (χ1n) is 7.76. The van der Waals surface area contributed by atoms with E-state index in [1.807, 2.05) is 24.1 Å². The molecule has 0 saturated heterocycles. The molecule has 0 radical (unpaired) electrons. The van der Waals surface area contributed by atoms with Gasteiger partial charge in [0, 0.05) is 18.5 Å². The van der Waals surface area contributed by atoms with Gasteiger partial charge in [-0.25, -0.2) is 4.98 Å². The summed E-state index contributed by atoms with van der Waals surface area (Å²) in [6.45, 7) is 12.8. The van der Waals surface area contributed by atoms with Gasteiger partial charge in [-0.2, -0.15) is 0 Å². The van der Waals surface area contributed by atoms with E-state index in [4.69, 9.17) is 5.73 Å². The number of carbonyl (C=O) groups excluding carboxylic acids is 1. The van der Waals surface area contributed by atoms with Crippen LogP contribution in [0.1, 0.15) is 55.7 Å². The van der Waals surface area contributed by atoms with Crippen molar-refractivity contribution < 1.29 is 4.79 Å². The van der Waals surface area contributed by atoms with Crippen molar-refractivity contribution in [3.63, 3.8) is 0 Å². The zero-order chi connectivity index (χ0) is 15.8. The van der Waals surface area contributed by atoms with Crippen molar-refractivity contribution in [2.45, 2.75) is 40.2 Å². The van der Waals surface area contributed by atoms with Crippen LogP contribution in [0, 0.1) is 0 Å². The van der Waals surface area contributed by atoms with Crippen LogP contribution < -0.4 is 5.73 Å². The molecular weight excluding hydrogens is 284 g/mol. The van der Waals surface area contributed by atoms with E-state index in [2.05, 4.69) is 23.7 Å². The van der Waals surface area contributed by atoms with Crippen molar-refractivity contribution in [3.05, 3.63) is 16.1 Å². The summed E-state index contributed by atoms with van der Waals surface area (Å²) in [5.41, 5.74) is 6.32. The molecule has 120 valence electrons. The molecular formula is C15H28N4OS. The lowest BCUT2D eigenvalue weighted by atomic mass is 10.3. The molecule has 0 bridgehead atoms. The minimum absolute atomic E-state index is 0.0141. The fourth-order valence-electron chi connectivity index (χ4n) is 2.19. The minimum atomic E-state index is -0.116. The van der Waals surface area contributed by atoms with Crippen molar-refractivity contribution >= 4 is 17.2 Å². The fourth-order valence-corrected chi connectivity index (χ4v) is 2.94. The Bertz CT molecular complexity index is 429. The average molecular weight is 312 g/mol. The lowest BCUT2D eigenvalue weighted by Crippen LogP contribution is -2.34. The summed E-state index contributed by atoms with van der Waals surface area (Å²) >= 11 is 1.46. The molecule has 1 aromatic rings. The number of nitrogens with two attached hydrogens (primary N) is 1. The lowest BCUT2D eigenvalue weighted by molar-refractivity contribution is 0.0752. The van der Waals surface area contributed by atoms with Crippen LogP contribution in [0.25, 0.3) is 0 Å². The van der Waals surface area contributed by atoms with E-state index in [1.165, 1.54) is 11.3 Å². The molecule has 2 N–H and O–H groups in total. The second-order valence-corrected chi connectivity index (χ2v) is 6.01. The first-order chi connectivity index (χ1) is 10.0. The molecule has 1 aromatic heterocycles. The Kier molecular flexibility index (Phi) is 7.85. The molecule has 0 aromatic carbocycles. The molecule has 1 unspecified atom stereocenters. The fraction of sp³-hybridized carbons (Fsp3) is 0.733. The highest BCUT2D eigenvalue weighted by atomic mass is 32.1. The highest BCUT2D eigenvalue weighted by Crippen LogP contribution is 2.17. The number of amides is 1. The van der Waals surface area contributed by atoms with Crippen LogP contribution in [0.4, 0.5) is 0 Å². The second-order valence-electron chi connectivity index (χ2n) is 5.12. The molecule has 0 fully saturated rings. The Morgan fingerprint density at radius 2 is 1.95 bits per heavy atom. The molecule has 1 heterocycles. The summed E-state index contributed by atoms with van der Waals surface area (Å²) in [5, 5.41) is 2.63. The number of nitrogens with zero attached hydrogens (tertiary/aromatic N) is 3. The van der Waals surface area contributed by atoms with E-state index in [-0.39, 0.29) is 11.9 Å². The Hall–Kier alpha value is -0.980. The molecule has 0 aliphatic carbocycles. The van der Waals surface area contributed by atoms with Gasteiger partial charge in [0.1, 0.15) is 10.7 Å². The summed E-state index contributed by atoms with van der Waals surface area (Å²) in [5.74, 6) is 0.0141. The van der Waals surface area contributed by atoms with E-state index < -0.39 is 0 Å². The molecule has 1 amide bonds. The van der Waals surface area contributed by atoms with Crippen molar-refractivity contribution in [2.75, 3.05) is 32.7 Å². The predicted molar refractivity (Wildman–Crippen MR) is 88.7 cm³/mol. The number of thiazole rings is 1. The summed E-state index contributed by atoms with van der Waals surface area (Å²) in [6, 6.07) is -0.116. The first kappa shape index (κ1) is 18.1. The van der Waals surface area contributed by atoms with Gasteiger partial charge in [-0.05, 0) is 39.9 Å². The number of rotatable bonds is 9. The van der Waals surface area contributed by atoms with Gasteiger partial charge in [-0.1, -0.05) is 13.8 Å². The Morgan fingerprint density at radius 1 is 1.29 bits per heavy atom. The number of hydrogen-bond donors (Lipinski definition) is 1. The van der Waals surface area contributed by atoms with Gasteiger partial charge in [-0.3, -0.25) is 4.79 Å². The zero-order valence-corrected chi connectivity index (χ0v) is 14.4. The van der Waals surface area contributed by atoms with E-state index in [9.17, 15) is 4.79 Å². The van der Waals surface area contributed by atoms with Gasteiger partial charge in [-0.15, -0.1) is 11.3 Å². The standard InChI is InChI=1S/C15H28N4OS/c1-5-18(6-2)9-8-10-19(7-3)15(20)13-11-21-14(17-13)12(4)16/h11-12H,5-10,16H2,1-4H3. The van der Waals surface area contributed by atoms with Crippen molar-refractivity contribution in [1.29, 1.82) is 0 Å². The minimum Gasteiger partial charge on any atom is -0.338 e. The lowest BCUT2D eigenvalue weighted by Gasteiger charge is -2.23. The van der Waals surface area contributed by atoms with Crippen molar-refractivity contribution in [2.24, 2.45) is 5.73 Å². The second kappa shape index (κ2) is 9.12. The highest BCUT2D eigenvalue weighted by molar-refractivity contribution is 7.09. The Morgan fingerprint density at radius 3 is 2.43 bits per heavy atom. The van der Waals surface area contributed by atoms with Gasteiger partial charge < -0.3 is 15.5 Å². The summed E-state index contributed by atoms with van der Waals surface area (Å²) in [4.78, 5) is 21.0. The maximum Gasteiger partial charge on any atom is 0.273 e. The Labute approximate surface area is 132 Å². The highest BCUT2D eigenvalue weighted by Gasteiger charge is 2.18. The maximum atomic E-state index is 12.4. The summed E-state index contributed by atoms with van der Waals surface area (Å²) in [6.07, 6.45) is 0.992. The molecule has 0 spiro atoms. The molecule has 0 saturated carbocycles. The zero-order valence-electron chi connectivity index (χ0n) is 13.6. The van der Waals surface area contributed by atoms with Crippen LogP contribution in [0.15, 0.2) is 5.38 Å². The van der Waals surface area contributed by atoms with Crippen LogP contribution in [-0.4, -0.2) is 53.4 Å². The number of hydrogen-bond acceptors (Lipinski definition) is 5. The molecule has 1 rings (SSSR count). The Balaban J connectivity index is 2.56. The van der Waals surface area contributed by atoms with Gasteiger partial charge in [0.2, 0.25) is 0 Å². The van der Waals surface area contributed by atoms with E-state index in [0.717, 1.165) is 37.6 Å². The third kappa shape index (κ3) is 5.37. The van der Waals surface area contributed by atoms with Crippen LogP contribution in [-0.2, 0) is 0 Å². The van der Waals surface area contributed by atoms with Gasteiger partial charge >= 0.3 is 0 Å². The number of carbonyl (C=O) groups is 1. The van der Waals surface area contributed by atoms with E-state index in [0.29, 0.717) is 12.2 Å². The van der Waals surface area contributed by atoms with Crippen molar-refractivity contribution in [3.8, 4) is 0 Å². The molecule has 5 nitrogen and oxygen atoms in total.